The van der Waals surface area contributed by atoms with Crippen molar-refractivity contribution in [1.29, 1.82) is 0 Å². The first-order valence-corrected chi connectivity index (χ1v) is 8.32. The van der Waals surface area contributed by atoms with Crippen LogP contribution < -0.4 is 11.2 Å². The summed E-state index contributed by atoms with van der Waals surface area (Å²) in [6.07, 6.45) is 3.79. The second kappa shape index (κ2) is 6.04. The molecule has 0 atom stereocenters. The molecular weight excluding hydrogens is 304 g/mol. The molecule has 8 heteroatoms. The summed E-state index contributed by atoms with van der Waals surface area (Å²) in [6.45, 7) is 3.67. The number of carbonyl (C=O) groups is 1. The van der Waals surface area contributed by atoms with Gasteiger partial charge in [-0.2, -0.15) is 4.37 Å². The van der Waals surface area contributed by atoms with E-state index in [1.165, 1.54) is 0 Å². The van der Waals surface area contributed by atoms with E-state index in [1.54, 1.807) is 4.90 Å². The minimum Gasteiger partial charge on any atom is -0.338 e. The summed E-state index contributed by atoms with van der Waals surface area (Å²) < 4.78 is 5.24. The number of piperidine rings is 1. The first kappa shape index (κ1) is 15.0. The van der Waals surface area contributed by atoms with Crippen molar-refractivity contribution in [2.24, 2.45) is 0 Å². The third-order valence-electron chi connectivity index (χ3n) is 3.90. The fourth-order valence-electron chi connectivity index (χ4n) is 2.76. The molecule has 3 rings (SSSR count). The number of nitrogens with one attached hydrogen (secondary N) is 1. The lowest BCUT2D eigenvalue weighted by Crippen LogP contribution is -2.37. The molecule has 118 valence electrons. The third-order valence-corrected chi connectivity index (χ3v) is 4.74. The van der Waals surface area contributed by atoms with E-state index in [4.69, 9.17) is 0 Å². The van der Waals surface area contributed by atoms with E-state index in [0.717, 1.165) is 48.5 Å². The highest BCUT2D eigenvalue weighted by Gasteiger charge is 2.24. The topological polar surface area (TPSA) is 88.1 Å². The fourth-order valence-corrected chi connectivity index (χ4v) is 3.56. The maximum atomic E-state index is 12.6. The standard InChI is InChI=1S/C14H18N4O3S/c1-2-6-18-12(19)10-9(15-14(18)21)11(22-16-10)13(20)17-7-4-3-5-8-17/h2-8H2,1H3,(H,15,21). The number of nitrogens with zero attached hydrogens (tertiary/aromatic N) is 3. The van der Waals surface area contributed by atoms with Gasteiger partial charge in [0.05, 0.1) is 5.52 Å². The number of H-pyrrole nitrogens is 1. The van der Waals surface area contributed by atoms with Gasteiger partial charge in [0.1, 0.15) is 4.88 Å². The average Bonchev–Trinajstić information content (AvgIpc) is 2.95. The van der Waals surface area contributed by atoms with Crippen LogP contribution in [0.5, 0.6) is 0 Å². The molecule has 0 bridgehead atoms. The summed E-state index contributed by atoms with van der Waals surface area (Å²) in [5.41, 5.74) is -0.442. The number of likely N-dealkylation sites (tertiary alicyclic amines) is 1. The molecule has 0 aliphatic carbocycles. The molecule has 0 aromatic carbocycles. The van der Waals surface area contributed by atoms with Crippen LogP contribution in [0.4, 0.5) is 0 Å². The Morgan fingerprint density at radius 1 is 1.27 bits per heavy atom. The molecule has 0 unspecified atom stereocenters. The van der Waals surface area contributed by atoms with Crippen molar-refractivity contribution in [2.75, 3.05) is 13.1 Å². The van der Waals surface area contributed by atoms with Crippen molar-refractivity contribution < 1.29 is 4.79 Å². The van der Waals surface area contributed by atoms with Gasteiger partial charge in [0.25, 0.3) is 11.5 Å². The first-order valence-electron chi connectivity index (χ1n) is 7.55. The van der Waals surface area contributed by atoms with Crippen LogP contribution in [0.15, 0.2) is 9.59 Å². The minimum atomic E-state index is -0.479. The van der Waals surface area contributed by atoms with E-state index in [9.17, 15) is 14.4 Å². The Morgan fingerprint density at radius 2 is 2.00 bits per heavy atom. The molecule has 1 aliphatic heterocycles. The molecule has 2 aromatic heterocycles. The Bertz CT molecular complexity index is 814. The highest BCUT2D eigenvalue weighted by molar-refractivity contribution is 7.09. The smallest absolute Gasteiger partial charge is 0.328 e. The Morgan fingerprint density at radius 3 is 2.68 bits per heavy atom. The van der Waals surface area contributed by atoms with Gasteiger partial charge in [-0.1, -0.05) is 6.92 Å². The lowest BCUT2D eigenvalue weighted by atomic mass is 10.1. The van der Waals surface area contributed by atoms with E-state index < -0.39 is 11.2 Å². The highest BCUT2D eigenvalue weighted by Crippen LogP contribution is 2.21. The lowest BCUT2D eigenvalue weighted by Gasteiger charge is -2.26. The van der Waals surface area contributed by atoms with Gasteiger partial charge in [0.2, 0.25) is 0 Å². The molecular formula is C14H18N4O3S. The summed E-state index contributed by atoms with van der Waals surface area (Å²) in [7, 11) is 0. The van der Waals surface area contributed by atoms with Gasteiger partial charge in [0, 0.05) is 19.6 Å². The van der Waals surface area contributed by atoms with Crippen LogP contribution in [0, 0.1) is 0 Å². The van der Waals surface area contributed by atoms with Crippen LogP contribution in [0.3, 0.4) is 0 Å². The van der Waals surface area contributed by atoms with Crippen LogP contribution in [0.1, 0.15) is 42.3 Å². The maximum Gasteiger partial charge on any atom is 0.328 e. The summed E-state index contributed by atoms with van der Waals surface area (Å²) >= 11 is 0.990. The molecule has 1 aliphatic rings. The number of aromatic nitrogens is 3. The van der Waals surface area contributed by atoms with E-state index >= 15 is 0 Å². The molecule has 22 heavy (non-hydrogen) atoms. The normalized spacial score (nSPS) is 15.4. The Balaban J connectivity index is 2.07. The number of carbonyl (C=O) groups excluding carboxylic acids is 1. The van der Waals surface area contributed by atoms with Gasteiger partial charge in [-0.25, -0.2) is 4.79 Å². The maximum absolute atomic E-state index is 12.6. The molecule has 7 nitrogen and oxygen atoms in total. The van der Waals surface area contributed by atoms with Crippen LogP contribution in [0.25, 0.3) is 11.0 Å². The predicted octanol–water partition coefficient (Wildman–Crippen LogP) is 1.18. The first-order chi connectivity index (χ1) is 10.6. The van der Waals surface area contributed by atoms with Crippen LogP contribution in [-0.2, 0) is 6.54 Å². The molecule has 0 saturated carbocycles. The van der Waals surface area contributed by atoms with Gasteiger partial charge < -0.3 is 9.88 Å². The number of amides is 1. The molecule has 1 saturated heterocycles. The van der Waals surface area contributed by atoms with E-state index in [2.05, 4.69) is 9.36 Å². The van der Waals surface area contributed by atoms with E-state index in [0.29, 0.717) is 17.8 Å². The molecule has 1 N–H and O–H groups in total. The quantitative estimate of drug-likeness (QED) is 0.919. The molecule has 1 amide bonds. The average molecular weight is 322 g/mol. The molecule has 0 spiro atoms. The van der Waals surface area contributed by atoms with Crippen molar-refractivity contribution in [2.45, 2.75) is 39.2 Å². The summed E-state index contributed by atoms with van der Waals surface area (Å²) in [6, 6.07) is 0. The Labute approximate surface area is 130 Å². The van der Waals surface area contributed by atoms with Crippen LogP contribution in [-0.4, -0.2) is 37.8 Å². The number of hydrogen-bond donors (Lipinski definition) is 1. The molecule has 2 aromatic rings. The van der Waals surface area contributed by atoms with Crippen molar-refractivity contribution in [3.05, 3.63) is 25.7 Å². The van der Waals surface area contributed by atoms with Gasteiger partial charge >= 0.3 is 5.69 Å². The van der Waals surface area contributed by atoms with E-state index in [1.807, 2.05) is 6.92 Å². The highest BCUT2D eigenvalue weighted by atomic mass is 32.1. The van der Waals surface area contributed by atoms with Gasteiger partial charge in [-0.15, -0.1) is 0 Å². The van der Waals surface area contributed by atoms with Crippen molar-refractivity contribution in [3.63, 3.8) is 0 Å². The monoisotopic (exact) mass is 322 g/mol. The van der Waals surface area contributed by atoms with Crippen molar-refractivity contribution in [3.8, 4) is 0 Å². The number of hydrogen-bond acceptors (Lipinski definition) is 5. The van der Waals surface area contributed by atoms with Gasteiger partial charge in [-0.05, 0) is 37.2 Å². The summed E-state index contributed by atoms with van der Waals surface area (Å²) in [4.78, 5) is 41.7. The largest absolute Gasteiger partial charge is 0.338 e. The second-order valence-corrected chi connectivity index (χ2v) is 6.25. The Kier molecular flexibility index (Phi) is 4.10. The number of rotatable bonds is 3. The zero-order chi connectivity index (χ0) is 15.7. The zero-order valence-corrected chi connectivity index (χ0v) is 13.2. The summed E-state index contributed by atoms with van der Waals surface area (Å²) in [5.74, 6) is -0.143. The van der Waals surface area contributed by atoms with E-state index in [-0.39, 0.29) is 16.9 Å². The van der Waals surface area contributed by atoms with Crippen LogP contribution in [0.2, 0.25) is 0 Å². The minimum absolute atomic E-state index is 0.143. The Hall–Kier alpha value is -1.96. The third kappa shape index (κ3) is 2.47. The van der Waals surface area contributed by atoms with Crippen LogP contribution >= 0.6 is 11.5 Å². The number of aromatic amines is 1. The molecule has 0 radical (unpaired) electrons. The molecule has 1 fully saturated rings. The lowest BCUT2D eigenvalue weighted by molar-refractivity contribution is 0.0731. The number of fused-ring (bicyclic) bond motifs is 1. The summed E-state index contributed by atoms with van der Waals surface area (Å²) in [5, 5.41) is 0. The van der Waals surface area contributed by atoms with Gasteiger partial charge in [-0.3, -0.25) is 14.2 Å². The van der Waals surface area contributed by atoms with Gasteiger partial charge in [0.15, 0.2) is 5.52 Å². The predicted molar refractivity (Wildman–Crippen MR) is 84.5 cm³/mol. The SMILES string of the molecule is CCCn1c(=O)[nH]c2c(C(=O)N3CCCCC3)snc2c1=O. The van der Waals surface area contributed by atoms with Crippen molar-refractivity contribution in [1.82, 2.24) is 18.8 Å². The second-order valence-electron chi connectivity index (χ2n) is 5.48. The molecule has 3 heterocycles. The zero-order valence-electron chi connectivity index (χ0n) is 12.4. The fraction of sp³-hybridized carbons (Fsp3) is 0.571. The van der Waals surface area contributed by atoms with Crippen molar-refractivity contribution >= 4 is 28.5 Å².